The van der Waals surface area contributed by atoms with Gasteiger partial charge in [0.2, 0.25) is 0 Å². The molecule has 1 aliphatic carbocycles. The second kappa shape index (κ2) is 4.45. The molecule has 0 heterocycles. The fourth-order valence-corrected chi connectivity index (χ4v) is 0.803. The molecule has 1 fully saturated rings. The summed E-state index contributed by atoms with van der Waals surface area (Å²) in [5.41, 5.74) is 0. The molecular weight excluding hydrogens is 128 g/mol. The van der Waals surface area contributed by atoms with E-state index in [-0.39, 0.29) is 0 Å². The van der Waals surface area contributed by atoms with Crippen molar-refractivity contribution in [2.75, 3.05) is 13.2 Å². The largest absolute Gasteiger partial charge is 0.381 e. The van der Waals surface area contributed by atoms with Crippen molar-refractivity contribution >= 4 is 6.29 Å². The number of rotatable bonds is 6. The molecule has 0 aromatic carbocycles. The molecule has 0 atom stereocenters. The molecule has 2 heteroatoms. The number of aldehydes is 1. The fraction of sp³-hybridized carbons (Fsp3) is 0.875. The lowest BCUT2D eigenvalue weighted by atomic mass is 10.3. The summed E-state index contributed by atoms with van der Waals surface area (Å²) in [5, 5.41) is 0. The van der Waals surface area contributed by atoms with Crippen molar-refractivity contribution in [3.8, 4) is 0 Å². The van der Waals surface area contributed by atoms with Gasteiger partial charge < -0.3 is 9.53 Å². The van der Waals surface area contributed by atoms with Gasteiger partial charge in [0.15, 0.2) is 0 Å². The molecule has 0 aromatic heterocycles. The topological polar surface area (TPSA) is 26.3 Å². The monoisotopic (exact) mass is 142 g/mol. The molecule has 0 radical (unpaired) electrons. The van der Waals surface area contributed by atoms with Crippen LogP contribution in [-0.4, -0.2) is 19.5 Å². The van der Waals surface area contributed by atoms with Gasteiger partial charge in [-0.15, -0.1) is 0 Å². The molecule has 1 saturated carbocycles. The minimum Gasteiger partial charge on any atom is -0.381 e. The fourth-order valence-electron chi connectivity index (χ4n) is 0.803. The van der Waals surface area contributed by atoms with Crippen LogP contribution >= 0.6 is 0 Å². The van der Waals surface area contributed by atoms with E-state index in [0.29, 0.717) is 6.42 Å². The molecule has 0 aromatic rings. The molecule has 58 valence electrons. The predicted molar refractivity (Wildman–Crippen MR) is 38.8 cm³/mol. The van der Waals surface area contributed by atoms with Gasteiger partial charge in [-0.25, -0.2) is 0 Å². The Balaban J connectivity index is 1.72. The van der Waals surface area contributed by atoms with E-state index in [9.17, 15) is 4.79 Å². The molecule has 0 unspecified atom stereocenters. The first-order valence-electron chi connectivity index (χ1n) is 3.95. The molecular formula is C8H14O2. The van der Waals surface area contributed by atoms with E-state index in [1.165, 1.54) is 12.8 Å². The van der Waals surface area contributed by atoms with E-state index in [2.05, 4.69) is 0 Å². The average Bonchev–Trinajstić information content (AvgIpc) is 2.71. The summed E-state index contributed by atoms with van der Waals surface area (Å²) in [6.07, 6.45) is 5.16. The van der Waals surface area contributed by atoms with E-state index >= 15 is 0 Å². The third-order valence-electron chi connectivity index (χ3n) is 1.66. The molecule has 1 rings (SSSR count). The highest BCUT2D eigenvalue weighted by Crippen LogP contribution is 2.28. The number of unbranched alkanes of at least 4 members (excludes halogenated alkanes) is 1. The van der Waals surface area contributed by atoms with Crippen molar-refractivity contribution in [3.05, 3.63) is 0 Å². The Morgan fingerprint density at radius 2 is 2.30 bits per heavy atom. The molecule has 0 bridgehead atoms. The third kappa shape index (κ3) is 3.62. The maximum Gasteiger partial charge on any atom is 0.120 e. The Hall–Kier alpha value is -0.370. The van der Waals surface area contributed by atoms with Crippen LogP contribution in [0.5, 0.6) is 0 Å². The van der Waals surface area contributed by atoms with E-state index in [0.717, 1.165) is 31.8 Å². The van der Waals surface area contributed by atoms with Gasteiger partial charge in [0.1, 0.15) is 6.29 Å². The molecule has 0 spiro atoms. The number of hydrogen-bond acceptors (Lipinski definition) is 2. The summed E-state index contributed by atoms with van der Waals surface area (Å²) in [6.45, 7) is 1.67. The van der Waals surface area contributed by atoms with Crippen molar-refractivity contribution in [1.82, 2.24) is 0 Å². The minimum atomic E-state index is 0.644. The zero-order valence-electron chi connectivity index (χ0n) is 6.21. The Labute approximate surface area is 61.6 Å². The van der Waals surface area contributed by atoms with Gasteiger partial charge in [-0.3, -0.25) is 0 Å². The first kappa shape index (κ1) is 7.73. The lowest BCUT2D eigenvalue weighted by molar-refractivity contribution is -0.108. The molecule has 0 aliphatic heterocycles. The third-order valence-corrected chi connectivity index (χ3v) is 1.66. The second-order valence-corrected chi connectivity index (χ2v) is 2.83. The summed E-state index contributed by atoms with van der Waals surface area (Å²) >= 11 is 0. The van der Waals surface area contributed by atoms with Crippen LogP contribution in [0.3, 0.4) is 0 Å². The maximum atomic E-state index is 9.86. The summed E-state index contributed by atoms with van der Waals surface area (Å²) in [7, 11) is 0. The number of hydrogen-bond donors (Lipinski definition) is 0. The second-order valence-electron chi connectivity index (χ2n) is 2.83. The van der Waals surface area contributed by atoms with Gasteiger partial charge in [0.05, 0.1) is 0 Å². The van der Waals surface area contributed by atoms with Crippen LogP contribution in [0.25, 0.3) is 0 Å². The Kier molecular flexibility index (Phi) is 3.44. The molecule has 0 N–H and O–H groups in total. The lowest BCUT2D eigenvalue weighted by Crippen LogP contribution is -1.98. The van der Waals surface area contributed by atoms with E-state index in [1.807, 2.05) is 0 Å². The SMILES string of the molecule is O=CCCCOCC1CC1. The van der Waals surface area contributed by atoms with Gasteiger partial charge in [0.25, 0.3) is 0 Å². The van der Waals surface area contributed by atoms with Gasteiger partial charge in [-0.2, -0.15) is 0 Å². The van der Waals surface area contributed by atoms with E-state index in [4.69, 9.17) is 4.74 Å². The van der Waals surface area contributed by atoms with E-state index in [1.54, 1.807) is 0 Å². The Morgan fingerprint density at radius 1 is 1.50 bits per heavy atom. The molecule has 0 saturated heterocycles. The lowest BCUT2D eigenvalue weighted by Gasteiger charge is -1.98. The maximum absolute atomic E-state index is 9.86. The quantitative estimate of drug-likeness (QED) is 0.414. The van der Waals surface area contributed by atoms with Gasteiger partial charge >= 0.3 is 0 Å². The van der Waals surface area contributed by atoms with Gasteiger partial charge in [0, 0.05) is 19.6 Å². The van der Waals surface area contributed by atoms with Crippen LogP contribution in [-0.2, 0) is 9.53 Å². The van der Waals surface area contributed by atoms with Gasteiger partial charge in [-0.1, -0.05) is 0 Å². The van der Waals surface area contributed by atoms with Crippen molar-refractivity contribution in [3.63, 3.8) is 0 Å². The van der Waals surface area contributed by atoms with Crippen molar-refractivity contribution in [1.29, 1.82) is 0 Å². The highest BCUT2D eigenvalue weighted by atomic mass is 16.5. The Morgan fingerprint density at radius 3 is 2.90 bits per heavy atom. The highest BCUT2D eigenvalue weighted by Gasteiger charge is 2.20. The normalized spacial score (nSPS) is 17.2. The molecule has 10 heavy (non-hydrogen) atoms. The smallest absolute Gasteiger partial charge is 0.120 e. The van der Waals surface area contributed by atoms with Crippen LogP contribution < -0.4 is 0 Å². The summed E-state index contributed by atoms with van der Waals surface area (Å²) in [4.78, 5) is 9.86. The van der Waals surface area contributed by atoms with Crippen molar-refractivity contribution in [2.24, 2.45) is 5.92 Å². The van der Waals surface area contributed by atoms with Gasteiger partial charge in [-0.05, 0) is 25.2 Å². The summed E-state index contributed by atoms with van der Waals surface area (Å²) < 4.78 is 5.30. The van der Waals surface area contributed by atoms with Crippen LogP contribution in [0.2, 0.25) is 0 Å². The molecule has 1 aliphatic rings. The summed E-state index contributed by atoms with van der Waals surface area (Å²) in [5.74, 6) is 0.844. The zero-order valence-corrected chi connectivity index (χ0v) is 6.21. The first-order chi connectivity index (χ1) is 4.93. The highest BCUT2D eigenvalue weighted by molar-refractivity contribution is 5.48. The summed E-state index contributed by atoms with van der Waals surface area (Å²) in [6, 6.07) is 0. The van der Waals surface area contributed by atoms with Crippen LogP contribution in [0.4, 0.5) is 0 Å². The van der Waals surface area contributed by atoms with Crippen molar-refractivity contribution < 1.29 is 9.53 Å². The minimum absolute atomic E-state index is 0.644. The molecule has 0 amide bonds. The predicted octanol–water partition coefficient (Wildman–Crippen LogP) is 1.39. The molecule has 2 nitrogen and oxygen atoms in total. The number of ether oxygens (including phenoxy) is 1. The number of carbonyl (C=O) groups excluding carboxylic acids is 1. The van der Waals surface area contributed by atoms with Crippen molar-refractivity contribution in [2.45, 2.75) is 25.7 Å². The first-order valence-corrected chi connectivity index (χ1v) is 3.95. The zero-order chi connectivity index (χ0) is 7.23. The Bertz CT molecular complexity index is 97.4. The van der Waals surface area contributed by atoms with Crippen LogP contribution in [0.1, 0.15) is 25.7 Å². The average molecular weight is 142 g/mol. The van der Waals surface area contributed by atoms with E-state index < -0.39 is 0 Å². The standard InChI is InChI=1S/C8H14O2/c9-5-1-2-6-10-7-8-3-4-8/h5,8H,1-4,6-7H2. The van der Waals surface area contributed by atoms with Crippen LogP contribution in [0, 0.1) is 5.92 Å². The van der Waals surface area contributed by atoms with Crippen LogP contribution in [0.15, 0.2) is 0 Å². The number of carbonyl (C=O) groups is 1.